The monoisotopic (exact) mass is 261 g/mol. The van der Waals surface area contributed by atoms with Crippen molar-refractivity contribution in [2.24, 2.45) is 10.4 Å². The number of hydrogen-bond acceptors (Lipinski definition) is 4. The summed E-state index contributed by atoms with van der Waals surface area (Å²) in [5.74, 6) is 1.22. The topological polar surface area (TPSA) is 37.3 Å². The van der Waals surface area contributed by atoms with E-state index < -0.39 is 0 Å². The highest BCUT2D eigenvalue weighted by Gasteiger charge is 2.34. The first-order valence-corrected chi connectivity index (χ1v) is 7.69. The molecule has 0 unspecified atom stereocenters. The van der Waals surface area contributed by atoms with Crippen molar-refractivity contribution in [1.29, 1.82) is 0 Å². The Morgan fingerprint density at radius 2 is 2.11 bits per heavy atom. The summed E-state index contributed by atoms with van der Waals surface area (Å²) in [6.07, 6.45) is 10.6. The van der Waals surface area contributed by atoms with Crippen molar-refractivity contribution < 1.29 is 0 Å². The largest absolute Gasteiger partial charge is 0.334 e. The van der Waals surface area contributed by atoms with E-state index >= 15 is 0 Å². The minimum Gasteiger partial charge on any atom is -0.334 e. The zero-order valence-corrected chi connectivity index (χ0v) is 11.4. The molecule has 1 saturated carbocycles. The molecule has 0 amide bonds. The Morgan fingerprint density at radius 1 is 1.22 bits per heavy atom. The third-order valence-corrected chi connectivity index (χ3v) is 5.16. The fourth-order valence-corrected chi connectivity index (χ4v) is 3.96. The molecule has 1 fully saturated rings. The van der Waals surface area contributed by atoms with Crippen LogP contribution in [0.15, 0.2) is 29.5 Å². The second kappa shape index (κ2) is 5.31. The molecule has 2 heterocycles. The predicted molar refractivity (Wildman–Crippen MR) is 78.1 cm³/mol. The lowest BCUT2D eigenvalue weighted by molar-refractivity contribution is 0.232. The van der Waals surface area contributed by atoms with Gasteiger partial charge in [-0.05, 0) is 30.4 Å². The molecule has 0 bridgehead atoms. The zero-order chi connectivity index (χ0) is 12.3. The Bertz CT molecular complexity index is 424. The molecule has 96 valence electrons. The molecule has 1 spiro atoms. The van der Waals surface area contributed by atoms with Crippen molar-refractivity contribution in [2.45, 2.75) is 32.1 Å². The van der Waals surface area contributed by atoms with Crippen molar-refractivity contribution in [2.75, 3.05) is 17.6 Å². The molecule has 1 N–H and O–H groups in total. The average Bonchev–Trinajstić information content (AvgIpc) is 2.44. The maximum Gasteiger partial charge on any atom is 0.161 e. The van der Waals surface area contributed by atoms with Crippen LogP contribution in [0.3, 0.4) is 0 Å². The first-order chi connectivity index (χ1) is 8.86. The molecule has 1 aliphatic carbocycles. The lowest BCUT2D eigenvalue weighted by atomic mass is 9.75. The first-order valence-electron chi connectivity index (χ1n) is 6.71. The molecule has 0 aromatic carbocycles. The lowest BCUT2D eigenvalue weighted by Crippen LogP contribution is -2.35. The van der Waals surface area contributed by atoms with Gasteiger partial charge >= 0.3 is 0 Å². The van der Waals surface area contributed by atoms with Gasteiger partial charge < -0.3 is 5.32 Å². The Morgan fingerprint density at radius 3 is 2.78 bits per heavy atom. The molecule has 4 heteroatoms. The summed E-state index contributed by atoms with van der Waals surface area (Å²) in [6.45, 7) is 1.00. The molecule has 0 atom stereocenters. The van der Waals surface area contributed by atoms with Gasteiger partial charge in [-0.15, -0.1) is 0 Å². The molecule has 0 saturated heterocycles. The summed E-state index contributed by atoms with van der Waals surface area (Å²) in [4.78, 5) is 8.85. The van der Waals surface area contributed by atoms with Crippen LogP contribution in [0, 0.1) is 5.41 Å². The van der Waals surface area contributed by atoms with Crippen LogP contribution < -0.4 is 5.32 Å². The SMILES string of the molecule is c1cncc(NC2=NCC3(CCCCC3)CS2)c1. The van der Waals surface area contributed by atoms with Crippen molar-refractivity contribution >= 4 is 22.6 Å². The molecule has 18 heavy (non-hydrogen) atoms. The van der Waals surface area contributed by atoms with Crippen LogP contribution in [0.25, 0.3) is 0 Å². The van der Waals surface area contributed by atoms with Gasteiger partial charge in [-0.25, -0.2) is 0 Å². The van der Waals surface area contributed by atoms with Gasteiger partial charge in [0.25, 0.3) is 0 Å². The third-order valence-electron chi connectivity index (χ3n) is 3.90. The number of aromatic nitrogens is 1. The van der Waals surface area contributed by atoms with E-state index in [1.54, 1.807) is 6.20 Å². The van der Waals surface area contributed by atoms with Crippen LogP contribution in [0.2, 0.25) is 0 Å². The number of rotatable bonds is 1. The number of amidine groups is 1. The quantitative estimate of drug-likeness (QED) is 0.840. The van der Waals surface area contributed by atoms with E-state index in [2.05, 4.69) is 10.3 Å². The summed E-state index contributed by atoms with van der Waals surface area (Å²) < 4.78 is 0. The van der Waals surface area contributed by atoms with Crippen LogP contribution in [-0.2, 0) is 0 Å². The van der Waals surface area contributed by atoms with E-state index in [0.717, 1.165) is 17.4 Å². The number of aliphatic imine (C=N–C) groups is 1. The van der Waals surface area contributed by atoms with Crippen LogP contribution >= 0.6 is 11.8 Å². The Kier molecular flexibility index (Phi) is 3.55. The van der Waals surface area contributed by atoms with Gasteiger partial charge in [0.05, 0.1) is 11.9 Å². The summed E-state index contributed by atoms with van der Waals surface area (Å²) in [6, 6.07) is 3.97. The van der Waals surface area contributed by atoms with Crippen LogP contribution in [0.5, 0.6) is 0 Å². The molecule has 0 radical (unpaired) electrons. The molecule has 3 rings (SSSR count). The summed E-state index contributed by atoms with van der Waals surface area (Å²) in [7, 11) is 0. The van der Waals surface area contributed by atoms with E-state index in [9.17, 15) is 0 Å². The van der Waals surface area contributed by atoms with Gasteiger partial charge in [-0.3, -0.25) is 9.98 Å². The Labute approximate surface area is 112 Å². The maximum absolute atomic E-state index is 4.74. The summed E-state index contributed by atoms with van der Waals surface area (Å²) in [5, 5.41) is 4.41. The van der Waals surface area contributed by atoms with Crippen molar-refractivity contribution in [3.05, 3.63) is 24.5 Å². The number of anilines is 1. The molecule has 1 aromatic rings. The zero-order valence-electron chi connectivity index (χ0n) is 10.6. The number of thioether (sulfide) groups is 1. The van der Waals surface area contributed by atoms with Gasteiger partial charge in [0.2, 0.25) is 0 Å². The fraction of sp³-hybridized carbons (Fsp3) is 0.571. The van der Waals surface area contributed by atoms with Gasteiger partial charge in [0.1, 0.15) is 0 Å². The molecular formula is C14H19N3S. The van der Waals surface area contributed by atoms with Crippen LogP contribution in [-0.4, -0.2) is 22.4 Å². The lowest BCUT2D eigenvalue weighted by Gasteiger charge is -2.38. The number of hydrogen-bond donors (Lipinski definition) is 1. The molecule has 2 aliphatic rings. The highest BCUT2D eigenvalue weighted by molar-refractivity contribution is 8.14. The molecule has 1 aromatic heterocycles. The Hall–Kier alpha value is -1.03. The molecule has 3 nitrogen and oxygen atoms in total. The van der Waals surface area contributed by atoms with Gasteiger partial charge in [-0.2, -0.15) is 0 Å². The second-order valence-electron chi connectivity index (χ2n) is 5.34. The normalized spacial score (nSPS) is 22.6. The minimum absolute atomic E-state index is 0.503. The van der Waals surface area contributed by atoms with E-state index in [-0.39, 0.29) is 0 Å². The number of nitrogens with one attached hydrogen (secondary N) is 1. The van der Waals surface area contributed by atoms with Gasteiger partial charge in [0, 0.05) is 18.5 Å². The van der Waals surface area contributed by atoms with Crippen LogP contribution in [0.1, 0.15) is 32.1 Å². The number of pyridine rings is 1. The van der Waals surface area contributed by atoms with Crippen LogP contribution in [0.4, 0.5) is 5.69 Å². The highest BCUT2D eigenvalue weighted by atomic mass is 32.2. The first kappa shape index (κ1) is 12.0. The third kappa shape index (κ3) is 2.69. The van der Waals surface area contributed by atoms with E-state index in [1.165, 1.54) is 37.9 Å². The second-order valence-corrected chi connectivity index (χ2v) is 6.30. The van der Waals surface area contributed by atoms with Gasteiger partial charge in [-0.1, -0.05) is 31.0 Å². The summed E-state index contributed by atoms with van der Waals surface area (Å²) in [5.41, 5.74) is 1.53. The smallest absolute Gasteiger partial charge is 0.161 e. The predicted octanol–water partition coefficient (Wildman–Crippen LogP) is 3.55. The highest BCUT2D eigenvalue weighted by Crippen LogP contribution is 2.41. The Balaban J connectivity index is 1.63. The van der Waals surface area contributed by atoms with Crippen molar-refractivity contribution in [1.82, 2.24) is 4.98 Å². The maximum atomic E-state index is 4.74. The molecular weight excluding hydrogens is 242 g/mol. The fourth-order valence-electron chi connectivity index (χ4n) is 2.79. The molecule has 1 aliphatic heterocycles. The van der Waals surface area contributed by atoms with Crippen molar-refractivity contribution in [3.8, 4) is 0 Å². The van der Waals surface area contributed by atoms with Crippen molar-refractivity contribution in [3.63, 3.8) is 0 Å². The summed E-state index contributed by atoms with van der Waals surface area (Å²) >= 11 is 1.87. The van der Waals surface area contributed by atoms with E-state index in [0.29, 0.717) is 5.41 Å². The minimum atomic E-state index is 0.503. The average molecular weight is 261 g/mol. The van der Waals surface area contributed by atoms with E-state index in [4.69, 9.17) is 4.99 Å². The standard InChI is InChI=1S/C14H19N3S/c1-2-6-14(7-3-1)10-16-13(18-11-14)17-12-5-4-8-15-9-12/h4-5,8-9H,1-3,6-7,10-11H2,(H,16,17). The van der Waals surface area contributed by atoms with E-state index in [1.807, 2.05) is 30.1 Å². The number of nitrogens with zero attached hydrogens (tertiary/aromatic N) is 2. The van der Waals surface area contributed by atoms with Gasteiger partial charge in [0.15, 0.2) is 5.17 Å².